The van der Waals surface area contributed by atoms with E-state index in [9.17, 15) is 4.79 Å². The van der Waals surface area contributed by atoms with E-state index < -0.39 is 0 Å². The van der Waals surface area contributed by atoms with Crippen molar-refractivity contribution in [3.8, 4) is 0 Å². The van der Waals surface area contributed by atoms with E-state index in [2.05, 4.69) is 29.4 Å². The summed E-state index contributed by atoms with van der Waals surface area (Å²) in [5.41, 5.74) is 2.03. The topological polar surface area (TPSA) is 41.9 Å². The Balaban J connectivity index is 1.73. The van der Waals surface area contributed by atoms with Gasteiger partial charge in [0, 0.05) is 0 Å². The maximum atomic E-state index is 12.2. The molecule has 2 aromatic carbocycles. The molecule has 0 fully saturated rings. The molecule has 3 rings (SSSR count). The van der Waals surface area contributed by atoms with Crippen LogP contribution in [0.2, 0.25) is 5.32 Å². The van der Waals surface area contributed by atoms with Crippen LogP contribution in [0.3, 0.4) is 0 Å². The number of nitrogens with zero attached hydrogens (tertiary/aromatic N) is 2. The van der Waals surface area contributed by atoms with E-state index in [4.69, 9.17) is 4.74 Å². The Morgan fingerprint density at radius 1 is 1.17 bits per heavy atom. The summed E-state index contributed by atoms with van der Waals surface area (Å²) in [6.07, 6.45) is 0.425. The molecule has 0 bridgehead atoms. The number of rotatable bonds is 5. The van der Waals surface area contributed by atoms with Crippen molar-refractivity contribution in [2.45, 2.75) is 24.7 Å². The summed E-state index contributed by atoms with van der Waals surface area (Å²) in [7, 11) is 0. The Labute approximate surface area is 148 Å². The molecule has 24 heavy (non-hydrogen) atoms. The van der Waals surface area contributed by atoms with E-state index in [0.717, 1.165) is 23.0 Å². The molecule has 5 heteroatoms. The molecule has 0 spiro atoms. The zero-order valence-corrected chi connectivity index (χ0v) is 15.3. The van der Waals surface area contributed by atoms with Gasteiger partial charge in [-0.25, -0.2) is 0 Å². The first-order chi connectivity index (χ1) is 11.8. The molecule has 0 aromatic heterocycles. The van der Waals surface area contributed by atoms with Crippen LogP contribution >= 0.6 is 0 Å². The van der Waals surface area contributed by atoms with Crippen LogP contribution in [-0.2, 0) is 4.74 Å². The third kappa shape index (κ3) is 4.05. The van der Waals surface area contributed by atoms with Crippen LogP contribution in [0.15, 0.2) is 65.8 Å². The number of hydrazone groups is 1. The minimum atomic E-state index is -0.350. The number of ether oxygens (including phenoxy) is 1. The van der Waals surface area contributed by atoms with Crippen molar-refractivity contribution < 1.29 is 9.53 Å². The molecule has 0 radical (unpaired) electrons. The van der Waals surface area contributed by atoms with Gasteiger partial charge in [0.15, 0.2) is 0 Å². The fourth-order valence-electron chi connectivity index (χ4n) is 2.59. The van der Waals surface area contributed by atoms with Gasteiger partial charge < -0.3 is 0 Å². The first kappa shape index (κ1) is 16.7. The number of carbonyl (C=O) groups is 1. The quantitative estimate of drug-likeness (QED) is 0.740. The van der Waals surface area contributed by atoms with Gasteiger partial charge in [-0.3, -0.25) is 0 Å². The van der Waals surface area contributed by atoms with Crippen LogP contribution < -0.4 is 4.46 Å². The number of hydrogen-bond acceptors (Lipinski definition) is 3. The van der Waals surface area contributed by atoms with Gasteiger partial charge in [0.1, 0.15) is 0 Å². The van der Waals surface area contributed by atoms with Crippen LogP contribution in [0.1, 0.15) is 18.9 Å². The molecule has 0 saturated carbocycles. The van der Waals surface area contributed by atoms with Gasteiger partial charge in [0.2, 0.25) is 0 Å². The molecule has 1 aliphatic heterocycles. The van der Waals surface area contributed by atoms with Crippen LogP contribution in [0.25, 0.3) is 0 Å². The summed E-state index contributed by atoms with van der Waals surface area (Å²) in [5, 5.41) is 7.02. The second-order valence-electron chi connectivity index (χ2n) is 5.44. The van der Waals surface area contributed by atoms with Crippen LogP contribution in [0.4, 0.5) is 4.79 Å². The summed E-state index contributed by atoms with van der Waals surface area (Å²) in [4.78, 5) is 12.2. The Morgan fingerprint density at radius 3 is 2.50 bits per heavy atom. The summed E-state index contributed by atoms with van der Waals surface area (Å²) in [6.45, 7) is 2.18. The minimum absolute atomic E-state index is 0.0689. The molecule has 1 unspecified atom stereocenters. The van der Waals surface area contributed by atoms with E-state index >= 15 is 0 Å². The monoisotopic (exact) mass is 388 g/mol. The maximum absolute atomic E-state index is 12.2. The first-order valence-corrected chi connectivity index (χ1v) is 10.1. The Morgan fingerprint density at radius 2 is 1.83 bits per heavy atom. The third-order valence-corrected chi connectivity index (χ3v) is 6.18. The molecule has 124 valence electrons. The Kier molecular flexibility index (Phi) is 5.68. The summed E-state index contributed by atoms with van der Waals surface area (Å²) < 4.78 is 6.51. The van der Waals surface area contributed by atoms with Crippen molar-refractivity contribution in [2.24, 2.45) is 5.10 Å². The standard InChI is InChI=1S/C19H20N2O2Se/c1-2-23-19(22)21-16(14-24-17-11-7-4-8-12-17)13-18(20-21)15-9-5-3-6-10-15/h3-12,16H,2,13-14H2,1H3. The third-order valence-electron chi connectivity index (χ3n) is 3.75. The Bertz CT molecular complexity index is 704. The normalized spacial score (nSPS) is 16.8. The zero-order chi connectivity index (χ0) is 16.8. The second-order valence-corrected chi connectivity index (χ2v) is 7.73. The fraction of sp³-hybridized carbons (Fsp3) is 0.263. The van der Waals surface area contributed by atoms with E-state index in [1.54, 1.807) is 0 Å². The molecular formula is C19H20N2O2Se. The van der Waals surface area contributed by atoms with Crippen molar-refractivity contribution in [1.29, 1.82) is 0 Å². The number of carbonyl (C=O) groups excluding carboxylic acids is 1. The number of benzene rings is 2. The summed E-state index contributed by atoms with van der Waals surface area (Å²) in [5.74, 6) is 0. The van der Waals surface area contributed by atoms with Crippen molar-refractivity contribution in [3.63, 3.8) is 0 Å². The van der Waals surface area contributed by atoms with Crippen LogP contribution in [0.5, 0.6) is 0 Å². The number of amides is 1. The van der Waals surface area contributed by atoms with E-state index in [-0.39, 0.29) is 12.1 Å². The van der Waals surface area contributed by atoms with Crippen molar-refractivity contribution in [3.05, 3.63) is 66.2 Å². The van der Waals surface area contributed by atoms with Crippen LogP contribution in [-0.4, -0.2) is 44.4 Å². The van der Waals surface area contributed by atoms with Crippen LogP contribution in [0, 0.1) is 0 Å². The molecule has 1 amide bonds. The van der Waals surface area contributed by atoms with Gasteiger partial charge in [-0.05, 0) is 0 Å². The van der Waals surface area contributed by atoms with Gasteiger partial charge in [-0.2, -0.15) is 0 Å². The first-order valence-electron chi connectivity index (χ1n) is 8.04. The van der Waals surface area contributed by atoms with Gasteiger partial charge >= 0.3 is 148 Å². The molecule has 4 nitrogen and oxygen atoms in total. The fourth-order valence-corrected chi connectivity index (χ4v) is 4.67. The predicted molar refractivity (Wildman–Crippen MR) is 96.9 cm³/mol. The average molecular weight is 387 g/mol. The molecule has 0 N–H and O–H groups in total. The van der Waals surface area contributed by atoms with E-state index in [0.29, 0.717) is 21.6 Å². The molecule has 1 atom stereocenters. The molecule has 0 saturated heterocycles. The van der Waals surface area contributed by atoms with Gasteiger partial charge in [-0.1, -0.05) is 0 Å². The molecule has 0 aliphatic carbocycles. The predicted octanol–water partition coefficient (Wildman–Crippen LogP) is 3.07. The molecule has 2 aromatic rings. The molecule has 1 aliphatic rings. The second kappa shape index (κ2) is 8.13. The zero-order valence-electron chi connectivity index (χ0n) is 13.6. The van der Waals surface area contributed by atoms with E-state index in [1.807, 2.05) is 43.3 Å². The van der Waals surface area contributed by atoms with Crippen molar-refractivity contribution >= 4 is 31.2 Å². The SMILES string of the molecule is CCOC(=O)N1N=C(c2ccccc2)CC1C[Se]c1ccccc1. The average Bonchev–Trinajstić information content (AvgIpc) is 3.06. The van der Waals surface area contributed by atoms with Crippen molar-refractivity contribution in [1.82, 2.24) is 5.01 Å². The van der Waals surface area contributed by atoms with Gasteiger partial charge in [0.25, 0.3) is 0 Å². The van der Waals surface area contributed by atoms with Crippen molar-refractivity contribution in [2.75, 3.05) is 6.61 Å². The molecular weight excluding hydrogens is 367 g/mol. The summed E-state index contributed by atoms with van der Waals surface area (Å²) in [6, 6.07) is 20.5. The van der Waals surface area contributed by atoms with Gasteiger partial charge in [0.05, 0.1) is 0 Å². The Hall–Kier alpha value is -2.10. The number of hydrogen-bond donors (Lipinski definition) is 0. The molecule has 1 heterocycles. The van der Waals surface area contributed by atoms with E-state index in [1.165, 1.54) is 9.47 Å². The summed E-state index contributed by atoms with van der Waals surface area (Å²) >= 11 is 0.304. The van der Waals surface area contributed by atoms with Gasteiger partial charge in [-0.15, -0.1) is 0 Å².